The van der Waals surface area contributed by atoms with Crippen LogP contribution in [0.5, 0.6) is 0 Å². The summed E-state index contributed by atoms with van der Waals surface area (Å²) in [5.74, 6) is -0.333. The lowest BCUT2D eigenvalue weighted by atomic mass is 9.94. The van der Waals surface area contributed by atoms with Gasteiger partial charge in [0.25, 0.3) is 5.91 Å². The Kier molecular flexibility index (Phi) is 5.18. The first-order valence-electron chi connectivity index (χ1n) is 8.61. The molecule has 2 amide bonds. The van der Waals surface area contributed by atoms with Crippen LogP contribution in [0.25, 0.3) is 0 Å². The van der Waals surface area contributed by atoms with Gasteiger partial charge in [-0.3, -0.25) is 20.3 Å². The molecule has 1 saturated carbocycles. The molecule has 1 aromatic heterocycles. The van der Waals surface area contributed by atoms with E-state index in [1.807, 2.05) is 5.48 Å². The van der Waals surface area contributed by atoms with Crippen LogP contribution in [0.3, 0.4) is 0 Å². The molecule has 0 radical (unpaired) electrons. The molecule has 1 aliphatic rings. The van der Waals surface area contributed by atoms with E-state index >= 15 is 0 Å². The Balaban J connectivity index is 1.87. The maximum absolute atomic E-state index is 12.5. The van der Waals surface area contributed by atoms with E-state index in [-0.39, 0.29) is 11.7 Å². The second-order valence-corrected chi connectivity index (χ2v) is 6.60. The van der Waals surface area contributed by atoms with Crippen LogP contribution in [0.2, 0.25) is 0 Å². The van der Waals surface area contributed by atoms with Crippen molar-refractivity contribution < 1.29 is 14.8 Å². The second kappa shape index (κ2) is 7.53. The van der Waals surface area contributed by atoms with E-state index < -0.39 is 5.91 Å². The molecule has 0 aliphatic heterocycles. The van der Waals surface area contributed by atoms with Gasteiger partial charge in [-0.05, 0) is 55.0 Å². The third kappa shape index (κ3) is 3.67. The van der Waals surface area contributed by atoms with E-state index in [0.717, 1.165) is 36.8 Å². The number of pyridine rings is 1. The van der Waals surface area contributed by atoms with Gasteiger partial charge in [-0.25, -0.2) is 4.98 Å². The number of aryl methyl sites for hydroxylation is 1. The lowest BCUT2D eigenvalue weighted by Gasteiger charge is -2.15. The smallest absolute Gasteiger partial charge is 0.257 e. The van der Waals surface area contributed by atoms with Crippen LogP contribution >= 0.6 is 0 Å². The summed E-state index contributed by atoms with van der Waals surface area (Å²) in [6.45, 7) is 1.79. The highest BCUT2D eigenvalue weighted by Gasteiger charge is 2.23. The van der Waals surface area contributed by atoms with Crippen LogP contribution in [0.15, 0.2) is 30.5 Å². The number of nitrogens with two attached hydrogens (primary N) is 1. The number of aromatic nitrogens is 1. The van der Waals surface area contributed by atoms with Crippen molar-refractivity contribution in [1.29, 1.82) is 0 Å². The minimum absolute atomic E-state index is 0.271. The molecule has 1 fully saturated rings. The number of hydrogen-bond acceptors (Lipinski definition) is 5. The molecule has 0 bridgehead atoms. The summed E-state index contributed by atoms with van der Waals surface area (Å²) in [4.78, 5) is 28.7. The molecule has 1 aliphatic carbocycles. The summed E-state index contributed by atoms with van der Waals surface area (Å²) in [6.07, 6.45) is 5.96. The van der Waals surface area contributed by atoms with E-state index in [4.69, 9.17) is 10.9 Å². The molecule has 26 heavy (non-hydrogen) atoms. The summed E-state index contributed by atoms with van der Waals surface area (Å²) in [5.41, 5.74) is 10.4. The Hall–Kier alpha value is -2.93. The molecule has 7 nitrogen and oxygen atoms in total. The number of anilines is 2. The summed E-state index contributed by atoms with van der Waals surface area (Å²) in [6, 6.07) is 6.45. The maximum Gasteiger partial charge on any atom is 0.257 e. The zero-order chi connectivity index (χ0) is 18.7. The van der Waals surface area contributed by atoms with Crippen molar-refractivity contribution in [2.24, 2.45) is 5.73 Å². The van der Waals surface area contributed by atoms with Crippen molar-refractivity contribution in [3.8, 4) is 0 Å². The van der Waals surface area contributed by atoms with Gasteiger partial charge in [-0.15, -0.1) is 0 Å². The van der Waals surface area contributed by atoms with Crippen molar-refractivity contribution >= 4 is 23.3 Å². The Bertz CT molecular complexity index is 845. The van der Waals surface area contributed by atoms with Crippen LogP contribution in [0.1, 0.15) is 63.4 Å². The summed E-state index contributed by atoms with van der Waals surface area (Å²) in [7, 11) is 0. The first-order chi connectivity index (χ1) is 12.5. The summed E-state index contributed by atoms with van der Waals surface area (Å²) < 4.78 is 0. The number of nitrogens with zero attached hydrogens (tertiary/aromatic N) is 1. The number of carbonyl (C=O) groups excluding carboxylic acids is 2. The Morgan fingerprint density at radius 2 is 1.92 bits per heavy atom. The van der Waals surface area contributed by atoms with Crippen molar-refractivity contribution in [2.45, 2.75) is 38.5 Å². The topological polar surface area (TPSA) is 117 Å². The molecule has 0 saturated heterocycles. The fraction of sp³-hybridized carbons (Fsp3) is 0.316. The van der Waals surface area contributed by atoms with Gasteiger partial charge >= 0.3 is 0 Å². The first-order valence-corrected chi connectivity index (χ1v) is 8.61. The average molecular weight is 354 g/mol. The number of primary amides is 1. The molecule has 3 rings (SSSR count). The lowest BCUT2D eigenvalue weighted by Crippen LogP contribution is -2.19. The summed E-state index contributed by atoms with van der Waals surface area (Å²) >= 11 is 0. The molecular weight excluding hydrogens is 332 g/mol. The maximum atomic E-state index is 12.5. The SMILES string of the molecule is Cc1ccc(NO)cc1C(=O)Nc1cc(C(N)=O)c(C2CCCC2)cn1. The van der Waals surface area contributed by atoms with Crippen molar-refractivity contribution in [3.05, 3.63) is 52.7 Å². The summed E-state index contributed by atoms with van der Waals surface area (Å²) in [5, 5.41) is 11.7. The van der Waals surface area contributed by atoms with E-state index in [2.05, 4.69) is 10.3 Å². The minimum atomic E-state index is -0.521. The van der Waals surface area contributed by atoms with Gasteiger partial charge < -0.3 is 11.1 Å². The van der Waals surface area contributed by atoms with Crippen molar-refractivity contribution in [1.82, 2.24) is 4.98 Å². The molecule has 1 heterocycles. The van der Waals surface area contributed by atoms with Gasteiger partial charge in [-0.1, -0.05) is 18.9 Å². The molecule has 2 aromatic rings. The van der Waals surface area contributed by atoms with Gasteiger partial charge in [0.15, 0.2) is 0 Å². The van der Waals surface area contributed by atoms with E-state index in [9.17, 15) is 9.59 Å². The molecule has 1 aromatic carbocycles. The van der Waals surface area contributed by atoms with Crippen molar-refractivity contribution in [2.75, 3.05) is 10.8 Å². The van der Waals surface area contributed by atoms with Crippen LogP contribution < -0.4 is 16.5 Å². The largest absolute Gasteiger partial charge is 0.366 e. The third-order valence-electron chi connectivity index (χ3n) is 4.85. The fourth-order valence-corrected chi connectivity index (χ4v) is 3.43. The van der Waals surface area contributed by atoms with E-state index in [1.165, 1.54) is 12.1 Å². The predicted octanol–water partition coefficient (Wildman–Crippen LogP) is 3.20. The van der Waals surface area contributed by atoms with Gasteiger partial charge in [0.1, 0.15) is 5.82 Å². The van der Waals surface area contributed by atoms with Crippen LogP contribution in [0.4, 0.5) is 11.5 Å². The number of rotatable bonds is 5. The Morgan fingerprint density at radius 1 is 1.19 bits per heavy atom. The average Bonchev–Trinajstić information content (AvgIpc) is 3.16. The van der Waals surface area contributed by atoms with Gasteiger partial charge in [0, 0.05) is 17.3 Å². The number of hydrogen-bond donors (Lipinski definition) is 4. The molecule has 5 N–H and O–H groups in total. The van der Waals surface area contributed by atoms with E-state index in [0.29, 0.717) is 22.7 Å². The van der Waals surface area contributed by atoms with Gasteiger partial charge in [-0.2, -0.15) is 0 Å². The Morgan fingerprint density at radius 3 is 2.58 bits per heavy atom. The molecule has 0 unspecified atom stereocenters. The minimum Gasteiger partial charge on any atom is -0.366 e. The van der Waals surface area contributed by atoms with E-state index in [1.54, 1.807) is 25.3 Å². The number of nitrogens with one attached hydrogen (secondary N) is 2. The normalized spacial score (nSPS) is 14.2. The third-order valence-corrected chi connectivity index (χ3v) is 4.85. The fourth-order valence-electron chi connectivity index (χ4n) is 3.43. The van der Waals surface area contributed by atoms with Crippen LogP contribution in [0, 0.1) is 6.92 Å². The highest BCUT2D eigenvalue weighted by Crippen LogP contribution is 2.36. The molecule has 7 heteroatoms. The quantitative estimate of drug-likeness (QED) is 0.615. The Labute approximate surface area is 151 Å². The predicted molar refractivity (Wildman–Crippen MR) is 98.5 cm³/mol. The zero-order valence-corrected chi connectivity index (χ0v) is 14.6. The van der Waals surface area contributed by atoms with Crippen LogP contribution in [-0.4, -0.2) is 22.0 Å². The second-order valence-electron chi connectivity index (χ2n) is 6.60. The molecule has 0 spiro atoms. The monoisotopic (exact) mass is 354 g/mol. The molecular formula is C19H22N4O3. The number of carbonyl (C=O) groups is 2. The molecule has 0 atom stereocenters. The van der Waals surface area contributed by atoms with Crippen molar-refractivity contribution in [3.63, 3.8) is 0 Å². The highest BCUT2D eigenvalue weighted by atomic mass is 16.5. The number of amides is 2. The van der Waals surface area contributed by atoms with Gasteiger partial charge in [0.2, 0.25) is 5.91 Å². The first kappa shape index (κ1) is 17.9. The zero-order valence-electron chi connectivity index (χ0n) is 14.6. The van der Waals surface area contributed by atoms with Crippen LogP contribution in [-0.2, 0) is 0 Å². The standard InChI is InChI=1S/C19H22N4O3/c1-11-6-7-13(23-26)8-14(11)19(25)22-17-9-15(18(20)24)16(10-21-17)12-4-2-3-5-12/h6-10,12,23,26H,2-5H2,1H3,(H2,20,24)(H,21,22,25). The highest BCUT2D eigenvalue weighted by molar-refractivity contribution is 6.06. The molecule has 136 valence electrons. The lowest BCUT2D eigenvalue weighted by molar-refractivity contribution is 0.0994. The number of benzene rings is 1. The van der Waals surface area contributed by atoms with Gasteiger partial charge in [0.05, 0.1) is 5.69 Å².